The molecule has 2 bridgehead atoms. The fourth-order valence-corrected chi connectivity index (χ4v) is 7.64. The van der Waals surface area contributed by atoms with Gasteiger partial charge in [-0.2, -0.15) is 11.8 Å². The zero-order valence-corrected chi connectivity index (χ0v) is 19.3. The third-order valence-electron chi connectivity index (χ3n) is 8.41. The monoisotopic (exact) mass is 442 g/mol. The number of urea groups is 1. The predicted octanol–water partition coefficient (Wildman–Crippen LogP) is 3.03. The fourth-order valence-electron chi connectivity index (χ4n) is 6.74. The summed E-state index contributed by atoms with van der Waals surface area (Å²) in [5.41, 5.74) is 3.05. The lowest BCUT2D eigenvalue weighted by Crippen LogP contribution is -2.66. The van der Waals surface area contributed by atoms with E-state index in [2.05, 4.69) is 51.1 Å². The van der Waals surface area contributed by atoms with Crippen LogP contribution in [0.5, 0.6) is 0 Å². The van der Waals surface area contributed by atoms with Gasteiger partial charge in [-0.25, -0.2) is 4.79 Å². The highest BCUT2D eigenvalue weighted by Crippen LogP contribution is 2.70. The Morgan fingerprint density at radius 1 is 1.13 bits per heavy atom. The van der Waals surface area contributed by atoms with Crippen LogP contribution in [-0.2, 0) is 4.74 Å². The first-order valence-electron chi connectivity index (χ1n) is 12.0. The van der Waals surface area contributed by atoms with Gasteiger partial charge in [-0.05, 0) is 55.9 Å². The third kappa shape index (κ3) is 3.39. The number of rotatable bonds is 4. The van der Waals surface area contributed by atoms with Crippen LogP contribution in [0.1, 0.15) is 25.7 Å². The third-order valence-corrected chi connectivity index (χ3v) is 9.35. The van der Waals surface area contributed by atoms with Gasteiger partial charge in [-0.1, -0.05) is 0 Å². The van der Waals surface area contributed by atoms with Crippen molar-refractivity contribution in [2.45, 2.75) is 43.8 Å². The summed E-state index contributed by atoms with van der Waals surface area (Å²) in [7, 11) is 2.02. The minimum atomic E-state index is 0.115. The van der Waals surface area contributed by atoms with Crippen molar-refractivity contribution in [3.8, 4) is 0 Å². The molecule has 1 aromatic rings. The van der Waals surface area contributed by atoms with Crippen molar-refractivity contribution in [3.05, 3.63) is 24.3 Å². The number of anilines is 2. The molecule has 168 valence electrons. The number of piperidine rings is 2. The Bertz CT molecular complexity index is 823. The zero-order chi connectivity index (χ0) is 21.0. The standard InChI is InChI=1S/C24H34N4O2S/c1-26(23(29)25-18-6-10-30-11-7-18)22-17-14-24(22)15-21(24)28(16-17)20-4-2-19(3-5-20)27-8-12-31-13-9-27/h2-5,17-18,21-22H,6-16H2,1H3,(H,25,29)/t17-,21+,22?,24?/m0/s1. The second kappa shape index (κ2) is 7.77. The Morgan fingerprint density at radius 3 is 2.58 bits per heavy atom. The molecule has 1 aromatic carbocycles. The number of amides is 2. The molecule has 1 N–H and O–H groups in total. The molecule has 2 aliphatic carbocycles. The summed E-state index contributed by atoms with van der Waals surface area (Å²) in [6, 6.07) is 10.6. The largest absolute Gasteiger partial charge is 0.381 e. The first kappa shape index (κ1) is 20.0. The Balaban J connectivity index is 1.10. The van der Waals surface area contributed by atoms with Gasteiger partial charge in [-0.3, -0.25) is 0 Å². The van der Waals surface area contributed by atoms with Crippen LogP contribution < -0.4 is 15.1 Å². The molecular formula is C24H34N4O2S. The summed E-state index contributed by atoms with van der Waals surface area (Å²) in [6.45, 7) is 4.91. The van der Waals surface area contributed by atoms with Gasteiger partial charge in [0, 0.05) is 86.3 Å². The molecule has 3 aliphatic heterocycles. The van der Waals surface area contributed by atoms with E-state index in [1.807, 2.05) is 11.9 Å². The van der Waals surface area contributed by atoms with Crippen molar-refractivity contribution >= 4 is 29.2 Å². The van der Waals surface area contributed by atoms with Crippen molar-refractivity contribution in [1.82, 2.24) is 10.2 Å². The quantitative estimate of drug-likeness (QED) is 0.777. The SMILES string of the molecule is CN(C(=O)NC1CCOCC1)C1[C@@H]2CN(c3ccc(N4CCSCC4)cc3)[C@@H]3CC13C2. The Kier molecular flexibility index (Phi) is 5.02. The van der Waals surface area contributed by atoms with Crippen molar-refractivity contribution in [3.63, 3.8) is 0 Å². The molecule has 6 rings (SSSR count). The summed E-state index contributed by atoms with van der Waals surface area (Å²) in [4.78, 5) is 20.1. The van der Waals surface area contributed by atoms with Crippen LogP contribution in [0, 0.1) is 11.3 Å². The predicted molar refractivity (Wildman–Crippen MR) is 126 cm³/mol. The van der Waals surface area contributed by atoms with Crippen molar-refractivity contribution < 1.29 is 9.53 Å². The number of hydrogen-bond acceptors (Lipinski definition) is 5. The normalized spacial score (nSPS) is 34.5. The molecule has 5 aliphatic rings. The van der Waals surface area contributed by atoms with E-state index in [0.29, 0.717) is 23.4 Å². The van der Waals surface area contributed by atoms with Gasteiger partial charge in [0.1, 0.15) is 0 Å². The lowest BCUT2D eigenvalue weighted by Gasteiger charge is -2.57. The number of thioether (sulfide) groups is 1. The first-order chi connectivity index (χ1) is 15.2. The lowest BCUT2D eigenvalue weighted by atomic mass is 9.63. The molecule has 0 radical (unpaired) electrons. The molecule has 2 unspecified atom stereocenters. The van der Waals surface area contributed by atoms with E-state index in [9.17, 15) is 4.79 Å². The van der Waals surface area contributed by atoms with Crippen LogP contribution in [0.3, 0.4) is 0 Å². The fraction of sp³-hybridized carbons (Fsp3) is 0.708. The number of nitrogens with zero attached hydrogens (tertiary/aromatic N) is 3. The average Bonchev–Trinajstić information content (AvgIpc) is 3.59. The van der Waals surface area contributed by atoms with Crippen LogP contribution in [0.25, 0.3) is 0 Å². The summed E-state index contributed by atoms with van der Waals surface area (Å²) in [5, 5.41) is 3.26. The van der Waals surface area contributed by atoms with Crippen molar-refractivity contribution in [1.29, 1.82) is 0 Å². The molecule has 2 saturated carbocycles. The molecule has 5 fully saturated rings. The first-order valence-corrected chi connectivity index (χ1v) is 13.1. The van der Waals surface area contributed by atoms with E-state index in [0.717, 1.165) is 45.7 Å². The van der Waals surface area contributed by atoms with Gasteiger partial charge >= 0.3 is 6.03 Å². The topological polar surface area (TPSA) is 48.1 Å². The summed E-state index contributed by atoms with van der Waals surface area (Å²) in [5.74, 6) is 3.05. The maximum Gasteiger partial charge on any atom is 0.317 e. The van der Waals surface area contributed by atoms with E-state index in [-0.39, 0.29) is 12.1 Å². The van der Waals surface area contributed by atoms with Crippen molar-refractivity contribution in [2.24, 2.45) is 11.3 Å². The highest BCUT2D eigenvalue weighted by molar-refractivity contribution is 7.99. The summed E-state index contributed by atoms with van der Waals surface area (Å²) < 4.78 is 5.43. The van der Waals surface area contributed by atoms with Crippen molar-refractivity contribution in [2.75, 3.05) is 61.2 Å². The second-order valence-corrected chi connectivity index (χ2v) is 11.3. The minimum absolute atomic E-state index is 0.115. The number of carbonyl (C=O) groups excluding carboxylic acids is 1. The molecule has 0 aromatic heterocycles. The number of hydrogen-bond donors (Lipinski definition) is 1. The highest BCUT2D eigenvalue weighted by atomic mass is 32.2. The average molecular weight is 443 g/mol. The molecule has 31 heavy (non-hydrogen) atoms. The molecule has 1 spiro atoms. The molecule has 3 heterocycles. The van der Waals surface area contributed by atoms with Crippen LogP contribution in [0.15, 0.2) is 24.3 Å². The van der Waals surface area contributed by atoms with E-state index in [1.165, 1.54) is 35.7 Å². The Hall–Kier alpha value is -1.60. The van der Waals surface area contributed by atoms with E-state index < -0.39 is 0 Å². The number of nitrogens with one attached hydrogen (secondary N) is 1. The van der Waals surface area contributed by atoms with Gasteiger partial charge < -0.3 is 24.8 Å². The van der Waals surface area contributed by atoms with Crippen LogP contribution in [0.4, 0.5) is 16.2 Å². The summed E-state index contributed by atoms with van der Waals surface area (Å²) in [6.07, 6.45) is 4.38. The maximum absolute atomic E-state index is 12.9. The molecule has 3 saturated heterocycles. The van der Waals surface area contributed by atoms with Crippen LogP contribution in [-0.4, -0.2) is 80.5 Å². The van der Waals surface area contributed by atoms with E-state index in [1.54, 1.807) is 0 Å². The number of benzene rings is 1. The molecule has 4 atom stereocenters. The van der Waals surface area contributed by atoms with Crippen LogP contribution in [0.2, 0.25) is 0 Å². The van der Waals surface area contributed by atoms with E-state index >= 15 is 0 Å². The maximum atomic E-state index is 12.9. The number of ether oxygens (including phenoxy) is 1. The molecule has 6 nitrogen and oxygen atoms in total. The van der Waals surface area contributed by atoms with Gasteiger partial charge in [0.2, 0.25) is 0 Å². The second-order valence-electron chi connectivity index (χ2n) is 10.1. The minimum Gasteiger partial charge on any atom is -0.381 e. The van der Waals surface area contributed by atoms with Gasteiger partial charge in [-0.15, -0.1) is 0 Å². The van der Waals surface area contributed by atoms with Gasteiger partial charge in [0.15, 0.2) is 0 Å². The zero-order valence-electron chi connectivity index (χ0n) is 18.5. The summed E-state index contributed by atoms with van der Waals surface area (Å²) >= 11 is 2.06. The van der Waals surface area contributed by atoms with Gasteiger partial charge in [0.25, 0.3) is 0 Å². The highest BCUT2D eigenvalue weighted by Gasteiger charge is 2.75. The van der Waals surface area contributed by atoms with E-state index in [4.69, 9.17) is 4.74 Å². The molecule has 7 heteroatoms. The van der Waals surface area contributed by atoms with Crippen LogP contribution >= 0.6 is 11.8 Å². The number of carbonyl (C=O) groups is 1. The molecule has 2 amide bonds. The smallest absolute Gasteiger partial charge is 0.317 e. The number of fused-ring (bicyclic) bond motifs is 1. The molecular weight excluding hydrogens is 408 g/mol. The Morgan fingerprint density at radius 2 is 1.84 bits per heavy atom. The van der Waals surface area contributed by atoms with Gasteiger partial charge in [0.05, 0.1) is 0 Å². The Labute approximate surface area is 189 Å². The lowest BCUT2D eigenvalue weighted by molar-refractivity contribution is -0.00358.